The summed E-state index contributed by atoms with van der Waals surface area (Å²) in [6.07, 6.45) is 0. The molecule has 1 aliphatic rings. The van der Waals surface area contributed by atoms with Gasteiger partial charge in [0.05, 0.1) is 26.2 Å². The number of benzene rings is 2. The molecule has 2 N–H and O–H groups in total. The van der Waals surface area contributed by atoms with Gasteiger partial charge in [-0.1, -0.05) is 24.3 Å². The van der Waals surface area contributed by atoms with Gasteiger partial charge in [-0.15, -0.1) is 0 Å². The van der Waals surface area contributed by atoms with Crippen molar-refractivity contribution >= 4 is 17.3 Å². The fourth-order valence-corrected chi connectivity index (χ4v) is 3.47. The molecule has 0 aliphatic carbocycles. The summed E-state index contributed by atoms with van der Waals surface area (Å²) in [5.74, 6) is 0.0980. The van der Waals surface area contributed by atoms with Crippen molar-refractivity contribution in [2.24, 2.45) is 0 Å². The van der Waals surface area contributed by atoms with Crippen molar-refractivity contribution in [3.63, 3.8) is 0 Å². The fraction of sp³-hybridized carbons (Fsp3) is 0.381. The second-order valence-corrected chi connectivity index (χ2v) is 7.05. The van der Waals surface area contributed by atoms with Crippen molar-refractivity contribution in [2.45, 2.75) is 20.8 Å². The Morgan fingerprint density at radius 3 is 2.52 bits per heavy atom. The van der Waals surface area contributed by atoms with E-state index in [-0.39, 0.29) is 5.91 Å². The predicted molar refractivity (Wildman–Crippen MR) is 104 cm³/mol. The summed E-state index contributed by atoms with van der Waals surface area (Å²) in [7, 11) is 0. The second kappa shape index (κ2) is 7.70. The lowest BCUT2D eigenvalue weighted by Gasteiger charge is -2.34. The van der Waals surface area contributed by atoms with Crippen molar-refractivity contribution in [3.05, 3.63) is 59.2 Å². The molecule has 25 heavy (non-hydrogen) atoms. The molecule has 1 amide bonds. The molecule has 3 rings (SSSR count). The monoisotopic (exact) mass is 338 g/mol. The fourth-order valence-electron chi connectivity index (χ4n) is 3.47. The van der Waals surface area contributed by atoms with E-state index in [0.717, 1.165) is 37.4 Å². The highest BCUT2D eigenvalue weighted by molar-refractivity contribution is 5.91. The van der Waals surface area contributed by atoms with Crippen molar-refractivity contribution in [2.75, 3.05) is 42.9 Å². The van der Waals surface area contributed by atoms with Crippen LogP contribution < -0.4 is 15.1 Å². The highest BCUT2D eigenvalue weighted by Gasteiger charge is 2.23. The molecule has 2 aromatic carbocycles. The highest BCUT2D eigenvalue weighted by Crippen LogP contribution is 2.22. The molecule has 0 aromatic heterocycles. The van der Waals surface area contributed by atoms with E-state index in [0.29, 0.717) is 6.54 Å². The summed E-state index contributed by atoms with van der Waals surface area (Å²) in [4.78, 5) is 16.1. The number of carbonyl (C=O) groups excluding carboxylic acids is 1. The van der Waals surface area contributed by atoms with Crippen LogP contribution >= 0.6 is 0 Å². The van der Waals surface area contributed by atoms with Crippen LogP contribution in [0.5, 0.6) is 0 Å². The lowest BCUT2D eigenvalue weighted by atomic mass is 10.1. The first-order valence-electron chi connectivity index (χ1n) is 9.04. The molecule has 1 fully saturated rings. The number of hydrogen-bond acceptors (Lipinski definition) is 2. The first-order valence-corrected chi connectivity index (χ1v) is 9.04. The lowest BCUT2D eigenvalue weighted by molar-refractivity contribution is -0.892. The zero-order chi connectivity index (χ0) is 17.8. The summed E-state index contributed by atoms with van der Waals surface area (Å²) < 4.78 is 0. The summed E-state index contributed by atoms with van der Waals surface area (Å²) >= 11 is 0. The number of rotatable bonds is 4. The molecule has 1 aliphatic heterocycles. The van der Waals surface area contributed by atoms with E-state index in [1.54, 1.807) is 0 Å². The molecule has 0 bridgehead atoms. The van der Waals surface area contributed by atoms with E-state index in [4.69, 9.17) is 0 Å². The smallest absolute Gasteiger partial charge is 0.279 e. The summed E-state index contributed by atoms with van der Waals surface area (Å²) in [6.45, 7) is 10.9. The molecule has 2 aromatic rings. The Hall–Kier alpha value is -2.33. The SMILES string of the molecule is Cc1cccc(NC(=O)C[NH+]2CCN(c3cccc(C)c3C)CC2)c1. The zero-order valence-electron chi connectivity index (χ0n) is 15.4. The average molecular weight is 338 g/mol. The Morgan fingerprint density at radius 1 is 1.08 bits per heavy atom. The van der Waals surface area contributed by atoms with Crippen LogP contribution in [0, 0.1) is 20.8 Å². The number of nitrogens with one attached hydrogen (secondary N) is 2. The quantitative estimate of drug-likeness (QED) is 0.894. The number of hydrogen-bond donors (Lipinski definition) is 2. The molecule has 132 valence electrons. The number of nitrogens with zero attached hydrogens (tertiary/aromatic N) is 1. The molecule has 4 heteroatoms. The van der Waals surface area contributed by atoms with Gasteiger partial charge in [-0.25, -0.2) is 0 Å². The van der Waals surface area contributed by atoms with Gasteiger partial charge in [-0.05, 0) is 55.7 Å². The maximum atomic E-state index is 12.3. The molecular formula is C21H28N3O+. The molecule has 0 atom stereocenters. The lowest BCUT2D eigenvalue weighted by Crippen LogP contribution is -3.15. The van der Waals surface area contributed by atoms with Gasteiger partial charge in [0.15, 0.2) is 6.54 Å². The number of aryl methyl sites for hydroxylation is 2. The van der Waals surface area contributed by atoms with Crippen LogP contribution in [0.4, 0.5) is 11.4 Å². The number of amides is 1. The third-order valence-corrected chi connectivity index (χ3v) is 5.10. The Bertz CT molecular complexity index is 749. The molecule has 0 unspecified atom stereocenters. The van der Waals surface area contributed by atoms with Crippen molar-refractivity contribution in [1.82, 2.24) is 0 Å². The minimum absolute atomic E-state index is 0.0980. The van der Waals surface area contributed by atoms with Crippen LogP contribution in [-0.2, 0) is 4.79 Å². The molecule has 0 radical (unpaired) electrons. The minimum Gasteiger partial charge on any atom is -0.360 e. The third-order valence-electron chi connectivity index (χ3n) is 5.10. The number of piperazine rings is 1. The van der Waals surface area contributed by atoms with E-state index in [2.05, 4.69) is 42.3 Å². The maximum Gasteiger partial charge on any atom is 0.279 e. The standard InChI is InChI=1S/C21H27N3O/c1-16-6-4-8-19(14-16)22-21(25)15-23-10-12-24(13-11-23)20-9-5-7-17(2)18(20)3/h4-9,14H,10-13,15H2,1-3H3,(H,22,25)/p+1. The maximum absolute atomic E-state index is 12.3. The van der Waals surface area contributed by atoms with Crippen molar-refractivity contribution < 1.29 is 9.69 Å². The molecule has 0 spiro atoms. The first kappa shape index (κ1) is 17.5. The number of carbonyl (C=O) groups is 1. The molecular weight excluding hydrogens is 310 g/mol. The normalized spacial score (nSPS) is 15.2. The van der Waals surface area contributed by atoms with Gasteiger partial charge < -0.3 is 15.1 Å². The van der Waals surface area contributed by atoms with Gasteiger partial charge in [0.25, 0.3) is 5.91 Å². The summed E-state index contributed by atoms with van der Waals surface area (Å²) in [6, 6.07) is 14.5. The Labute approximate surface area is 150 Å². The Kier molecular flexibility index (Phi) is 5.39. The number of anilines is 2. The van der Waals surface area contributed by atoms with Crippen molar-refractivity contribution in [3.8, 4) is 0 Å². The van der Waals surface area contributed by atoms with Gasteiger partial charge in [0, 0.05) is 11.4 Å². The zero-order valence-corrected chi connectivity index (χ0v) is 15.4. The van der Waals surface area contributed by atoms with E-state index >= 15 is 0 Å². The molecule has 1 saturated heterocycles. The van der Waals surface area contributed by atoms with E-state index in [9.17, 15) is 4.79 Å². The summed E-state index contributed by atoms with van der Waals surface area (Å²) in [5.41, 5.74) is 6.09. The average Bonchev–Trinajstić information content (AvgIpc) is 2.58. The summed E-state index contributed by atoms with van der Waals surface area (Å²) in [5, 5.41) is 3.02. The van der Waals surface area contributed by atoms with Gasteiger partial charge in [-0.2, -0.15) is 0 Å². The first-order chi connectivity index (χ1) is 12.0. The van der Waals surface area contributed by atoms with Crippen LogP contribution in [0.2, 0.25) is 0 Å². The second-order valence-electron chi connectivity index (χ2n) is 7.05. The molecule has 1 heterocycles. The van der Waals surface area contributed by atoms with Gasteiger partial charge in [0.2, 0.25) is 0 Å². The van der Waals surface area contributed by atoms with Crippen molar-refractivity contribution in [1.29, 1.82) is 0 Å². The van der Waals surface area contributed by atoms with E-state index in [1.165, 1.54) is 21.7 Å². The van der Waals surface area contributed by atoms with Crippen LogP contribution in [0.3, 0.4) is 0 Å². The predicted octanol–water partition coefficient (Wildman–Crippen LogP) is 1.96. The van der Waals surface area contributed by atoms with Crippen LogP contribution in [0.15, 0.2) is 42.5 Å². The van der Waals surface area contributed by atoms with Crippen LogP contribution in [0.25, 0.3) is 0 Å². The van der Waals surface area contributed by atoms with Gasteiger partial charge in [-0.3, -0.25) is 4.79 Å². The number of quaternary nitrogens is 1. The van der Waals surface area contributed by atoms with Crippen LogP contribution in [-0.4, -0.2) is 38.6 Å². The van der Waals surface area contributed by atoms with Gasteiger partial charge in [0.1, 0.15) is 0 Å². The van der Waals surface area contributed by atoms with E-state index in [1.807, 2.05) is 31.2 Å². The minimum atomic E-state index is 0.0980. The third kappa shape index (κ3) is 4.40. The highest BCUT2D eigenvalue weighted by atomic mass is 16.2. The molecule has 4 nitrogen and oxygen atoms in total. The molecule has 0 saturated carbocycles. The Morgan fingerprint density at radius 2 is 1.80 bits per heavy atom. The Balaban J connectivity index is 1.52. The van der Waals surface area contributed by atoms with Crippen LogP contribution in [0.1, 0.15) is 16.7 Å². The topological polar surface area (TPSA) is 36.8 Å². The van der Waals surface area contributed by atoms with Gasteiger partial charge >= 0.3 is 0 Å². The largest absolute Gasteiger partial charge is 0.360 e. The van der Waals surface area contributed by atoms with E-state index < -0.39 is 0 Å².